The molecular weight excluding hydrogens is 429 g/mol. The molecule has 0 unspecified atom stereocenters. The van der Waals surface area contributed by atoms with Gasteiger partial charge in [0.1, 0.15) is 17.2 Å². The Balaban J connectivity index is 1.66. The number of nitrogens with zero attached hydrogens (tertiary/aromatic N) is 2. The number of carbonyl (C=O) groups is 1. The van der Waals surface area contributed by atoms with Crippen LogP contribution in [0.2, 0.25) is 10.0 Å². The smallest absolute Gasteiger partial charge is 0.262 e. The van der Waals surface area contributed by atoms with Gasteiger partial charge in [0.2, 0.25) is 5.91 Å². The van der Waals surface area contributed by atoms with Gasteiger partial charge in [0.25, 0.3) is 5.56 Å². The van der Waals surface area contributed by atoms with Gasteiger partial charge in [-0.15, -0.1) is 11.3 Å². The van der Waals surface area contributed by atoms with Gasteiger partial charge in [-0.25, -0.2) is 4.98 Å². The van der Waals surface area contributed by atoms with E-state index < -0.39 is 0 Å². The van der Waals surface area contributed by atoms with Crippen molar-refractivity contribution in [1.29, 1.82) is 0 Å². The number of hydrogen-bond donors (Lipinski definition) is 1. The molecule has 2 aromatic carbocycles. The molecule has 0 bridgehead atoms. The van der Waals surface area contributed by atoms with Crippen LogP contribution in [0.15, 0.2) is 59.4 Å². The number of fused-ring (bicyclic) bond motifs is 1. The number of hydrogen-bond acceptors (Lipinski definition) is 4. The second-order valence-electron chi connectivity index (χ2n) is 6.42. The molecule has 4 aromatic rings. The molecule has 0 aliphatic carbocycles. The van der Waals surface area contributed by atoms with Crippen molar-refractivity contribution in [2.75, 3.05) is 5.32 Å². The quantitative estimate of drug-likeness (QED) is 0.460. The van der Waals surface area contributed by atoms with Crippen molar-refractivity contribution in [3.05, 3.63) is 80.8 Å². The second-order valence-corrected chi connectivity index (χ2v) is 8.29. The van der Waals surface area contributed by atoms with Crippen molar-refractivity contribution < 1.29 is 4.79 Å². The van der Waals surface area contributed by atoms with Crippen LogP contribution in [0.4, 0.5) is 5.69 Å². The van der Waals surface area contributed by atoms with Gasteiger partial charge < -0.3 is 5.32 Å². The van der Waals surface area contributed by atoms with Gasteiger partial charge in [-0.1, -0.05) is 53.5 Å². The number of aromatic nitrogens is 2. The van der Waals surface area contributed by atoms with Crippen LogP contribution in [-0.2, 0) is 11.3 Å². The molecule has 1 N–H and O–H groups in total. The molecule has 2 aromatic heterocycles. The Kier molecular flexibility index (Phi) is 5.41. The number of benzene rings is 2. The van der Waals surface area contributed by atoms with Crippen LogP contribution in [0, 0.1) is 6.92 Å². The van der Waals surface area contributed by atoms with E-state index in [2.05, 4.69) is 10.3 Å². The van der Waals surface area contributed by atoms with Crippen LogP contribution in [0.25, 0.3) is 20.7 Å². The summed E-state index contributed by atoms with van der Waals surface area (Å²) >= 11 is 13.5. The average molecular weight is 444 g/mol. The molecule has 0 atom stereocenters. The number of nitrogens with one attached hydrogen (secondary N) is 1. The Labute approximate surface area is 180 Å². The third-order valence-corrected chi connectivity index (χ3v) is 6.05. The minimum absolute atomic E-state index is 0.174. The Bertz CT molecular complexity index is 1280. The van der Waals surface area contributed by atoms with Gasteiger partial charge in [0, 0.05) is 9.90 Å². The molecule has 0 aliphatic heterocycles. The molecule has 146 valence electrons. The first-order valence-corrected chi connectivity index (χ1v) is 10.3. The second kappa shape index (κ2) is 7.99. The molecular formula is C21H15Cl2N3O2S. The largest absolute Gasteiger partial charge is 0.323 e. The lowest BCUT2D eigenvalue weighted by Crippen LogP contribution is -2.29. The number of aryl methyl sites for hydroxylation is 1. The van der Waals surface area contributed by atoms with Gasteiger partial charge in [-0.05, 0) is 36.8 Å². The highest BCUT2D eigenvalue weighted by atomic mass is 35.5. The Hall–Kier alpha value is -2.67. The Morgan fingerprint density at radius 1 is 1.14 bits per heavy atom. The highest BCUT2D eigenvalue weighted by Gasteiger charge is 2.15. The Morgan fingerprint density at radius 2 is 1.90 bits per heavy atom. The fourth-order valence-electron chi connectivity index (χ4n) is 2.97. The first-order chi connectivity index (χ1) is 13.9. The first-order valence-electron chi connectivity index (χ1n) is 8.73. The van der Waals surface area contributed by atoms with Gasteiger partial charge in [-0.3, -0.25) is 14.2 Å². The van der Waals surface area contributed by atoms with Crippen molar-refractivity contribution in [2.45, 2.75) is 13.5 Å². The van der Waals surface area contributed by atoms with Crippen LogP contribution >= 0.6 is 34.5 Å². The fourth-order valence-corrected chi connectivity index (χ4v) is 4.38. The third-order valence-electron chi connectivity index (χ3n) is 4.40. The minimum atomic E-state index is -0.390. The SMILES string of the molecule is Cc1nc2sc(-c3ccccc3)cc2c(=O)n1CC(=O)Nc1cc(Cl)ccc1Cl. The molecule has 2 heterocycles. The summed E-state index contributed by atoms with van der Waals surface area (Å²) in [6.45, 7) is 1.54. The monoisotopic (exact) mass is 443 g/mol. The first kappa shape index (κ1) is 19.6. The van der Waals surface area contributed by atoms with Crippen LogP contribution in [0.1, 0.15) is 5.82 Å². The third kappa shape index (κ3) is 4.05. The van der Waals surface area contributed by atoms with Gasteiger partial charge in [0.15, 0.2) is 0 Å². The Morgan fingerprint density at radius 3 is 2.66 bits per heavy atom. The normalized spacial score (nSPS) is 11.0. The topological polar surface area (TPSA) is 64.0 Å². The average Bonchev–Trinajstić information content (AvgIpc) is 3.13. The molecule has 8 heteroatoms. The van der Waals surface area contributed by atoms with Crippen LogP contribution < -0.4 is 10.9 Å². The zero-order valence-corrected chi connectivity index (χ0v) is 17.6. The zero-order chi connectivity index (χ0) is 20.5. The van der Waals surface area contributed by atoms with Crippen LogP contribution in [-0.4, -0.2) is 15.5 Å². The van der Waals surface area contributed by atoms with Crippen molar-refractivity contribution in [1.82, 2.24) is 9.55 Å². The maximum atomic E-state index is 13.0. The molecule has 0 aliphatic rings. The molecule has 5 nitrogen and oxygen atoms in total. The number of halogens is 2. The molecule has 29 heavy (non-hydrogen) atoms. The summed E-state index contributed by atoms with van der Waals surface area (Å²) in [5.74, 6) is 0.0790. The zero-order valence-electron chi connectivity index (χ0n) is 15.3. The maximum absolute atomic E-state index is 13.0. The summed E-state index contributed by atoms with van der Waals surface area (Å²) in [6.07, 6.45) is 0. The van der Waals surface area contributed by atoms with Crippen molar-refractivity contribution in [3.63, 3.8) is 0 Å². The lowest BCUT2D eigenvalue weighted by Gasteiger charge is -2.11. The predicted molar refractivity (Wildman–Crippen MR) is 119 cm³/mol. The summed E-state index contributed by atoms with van der Waals surface area (Å²) in [5.41, 5.74) is 1.16. The molecule has 0 fully saturated rings. The summed E-state index contributed by atoms with van der Waals surface area (Å²) in [4.78, 5) is 31.7. The van der Waals surface area contributed by atoms with E-state index >= 15 is 0 Å². The lowest BCUT2D eigenvalue weighted by molar-refractivity contribution is -0.116. The van der Waals surface area contributed by atoms with Crippen molar-refractivity contribution in [2.24, 2.45) is 0 Å². The van der Waals surface area contributed by atoms with E-state index in [1.165, 1.54) is 15.9 Å². The molecule has 0 spiro atoms. The van der Waals surface area contributed by atoms with Crippen molar-refractivity contribution in [3.8, 4) is 10.4 Å². The lowest BCUT2D eigenvalue weighted by atomic mass is 10.2. The van der Waals surface area contributed by atoms with Crippen LogP contribution in [0.5, 0.6) is 0 Å². The van der Waals surface area contributed by atoms with Crippen LogP contribution in [0.3, 0.4) is 0 Å². The number of anilines is 1. The van der Waals surface area contributed by atoms with E-state index in [1.54, 1.807) is 25.1 Å². The van der Waals surface area contributed by atoms with E-state index in [9.17, 15) is 9.59 Å². The highest BCUT2D eigenvalue weighted by Crippen LogP contribution is 2.31. The van der Waals surface area contributed by atoms with Crippen molar-refractivity contribution >= 4 is 56.3 Å². The van der Waals surface area contributed by atoms with E-state index in [0.717, 1.165) is 10.4 Å². The summed E-state index contributed by atoms with van der Waals surface area (Å²) < 4.78 is 1.36. The number of rotatable bonds is 4. The molecule has 0 radical (unpaired) electrons. The molecule has 0 saturated carbocycles. The van der Waals surface area contributed by atoms with Gasteiger partial charge >= 0.3 is 0 Å². The van der Waals surface area contributed by atoms with E-state index in [-0.39, 0.29) is 18.0 Å². The molecule has 4 rings (SSSR count). The molecule has 1 amide bonds. The minimum Gasteiger partial charge on any atom is -0.323 e. The van der Waals surface area contributed by atoms with E-state index in [4.69, 9.17) is 23.2 Å². The summed E-state index contributed by atoms with van der Waals surface area (Å²) in [6, 6.07) is 16.4. The summed E-state index contributed by atoms with van der Waals surface area (Å²) in [5, 5.41) is 4.00. The number of amides is 1. The number of thiophene rings is 1. The summed E-state index contributed by atoms with van der Waals surface area (Å²) in [7, 11) is 0. The van der Waals surface area contributed by atoms with E-state index in [1.807, 2.05) is 36.4 Å². The highest BCUT2D eigenvalue weighted by molar-refractivity contribution is 7.21. The predicted octanol–water partition coefficient (Wildman–Crippen LogP) is 5.38. The molecule has 0 saturated heterocycles. The van der Waals surface area contributed by atoms with Gasteiger partial charge in [-0.2, -0.15) is 0 Å². The maximum Gasteiger partial charge on any atom is 0.262 e. The van der Waals surface area contributed by atoms with E-state index in [0.29, 0.717) is 31.8 Å². The number of carbonyl (C=O) groups excluding carboxylic acids is 1. The standard InChI is InChI=1S/C21H15Cl2N3O2S/c1-12-24-20-15(10-18(29-20)13-5-3-2-4-6-13)21(28)26(12)11-19(27)25-17-9-14(22)7-8-16(17)23/h2-10H,11H2,1H3,(H,25,27). The fraction of sp³-hybridized carbons (Fsp3) is 0.0952. The van der Waals surface area contributed by atoms with Gasteiger partial charge in [0.05, 0.1) is 16.1 Å².